The lowest BCUT2D eigenvalue weighted by molar-refractivity contribution is -0.121. The Labute approximate surface area is 168 Å². The summed E-state index contributed by atoms with van der Waals surface area (Å²) in [6.45, 7) is 0. The molecule has 1 aromatic carbocycles. The zero-order valence-corrected chi connectivity index (χ0v) is 16.8. The van der Waals surface area contributed by atoms with E-state index in [0.29, 0.717) is 22.3 Å². The predicted molar refractivity (Wildman–Crippen MR) is 111 cm³/mol. The maximum Gasteiger partial charge on any atom is 0.325 e. The average Bonchev–Trinajstić information content (AvgIpc) is 2.94. The first kappa shape index (κ1) is 20.1. The summed E-state index contributed by atoms with van der Waals surface area (Å²) in [6, 6.07) is 7.03. The van der Waals surface area contributed by atoms with Gasteiger partial charge in [-0.25, -0.2) is 9.78 Å². The van der Waals surface area contributed by atoms with Gasteiger partial charge in [-0.1, -0.05) is 37.8 Å². The minimum absolute atomic E-state index is 0.0118. The first-order valence-electron chi connectivity index (χ1n) is 9.59. The molecule has 150 valence electrons. The SMILES string of the molecule is COc1ccccc1NC(=O)Nc1nc(CC(=O)NC2CCCCCC2)cs1. The number of methoxy groups -OCH3 is 1. The molecule has 3 amide bonds. The molecule has 1 aromatic heterocycles. The van der Waals surface area contributed by atoms with Gasteiger partial charge in [0.05, 0.1) is 24.9 Å². The van der Waals surface area contributed by atoms with E-state index < -0.39 is 6.03 Å². The number of hydrogen-bond donors (Lipinski definition) is 3. The number of carbonyl (C=O) groups is 2. The average molecular weight is 403 g/mol. The first-order valence-corrected chi connectivity index (χ1v) is 10.5. The van der Waals surface area contributed by atoms with Crippen LogP contribution in [0.2, 0.25) is 0 Å². The molecule has 1 saturated carbocycles. The summed E-state index contributed by atoms with van der Waals surface area (Å²) in [5.74, 6) is 0.565. The highest BCUT2D eigenvalue weighted by Gasteiger charge is 2.16. The Morgan fingerprint density at radius 3 is 2.64 bits per heavy atom. The van der Waals surface area contributed by atoms with Crippen molar-refractivity contribution in [1.29, 1.82) is 0 Å². The van der Waals surface area contributed by atoms with Crippen molar-refractivity contribution in [2.75, 3.05) is 17.7 Å². The lowest BCUT2D eigenvalue weighted by Gasteiger charge is -2.15. The molecule has 1 heterocycles. The smallest absolute Gasteiger partial charge is 0.325 e. The van der Waals surface area contributed by atoms with E-state index in [0.717, 1.165) is 12.8 Å². The Bertz CT molecular complexity index is 800. The van der Waals surface area contributed by atoms with Gasteiger partial charge in [-0.2, -0.15) is 0 Å². The number of anilines is 2. The number of aromatic nitrogens is 1. The number of benzene rings is 1. The van der Waals surface area contributed by atoms with E-state index in [1.54, 1.807) is 24.6 Å². The van der Waals surface area contributed by atoms with Crippen LogP contribution in [0.5, 0.6) is 5.75 Å². The maximum absolute atomic E-state index is 12.3. The molecule has 1 fully saturated rings. The van der Waals surface area contributed by atoms with Crippen LogP contribution in [0.25, 0.3) is 0 Å². The molecule has 0 unspecified atom stereocenters. The van der Waals surface area contributed by atoms with E-state index in [2.05, 4.69) is 20.9 Å². The number of amides is 3. The van der Waals surface area contributed by atoms with Crippen LogP contribution in [0.3, 0.4) is 0 Å². The number of hydrogen-bond acceptors (Lipinski definition) is 5. The van der Waals surface area contributed by atoms with E-state index in [1.807, 2.05) is 12.1 Å². The molecular weight excluding hydrogens is 376 g/mol. The summed E-state index contributed by atoms with van der Waals surface area (Å²) in [7, 11) is 1.55. The van der Waals surface area contributed by atoms with Crippen LogP contribution in [0.4, 0.5) is 15.6 Å². The molecule has 1 aliphatic carbocycles. The minimum Gasteiger partial charge on any atom is -0.495 e. The van der Waals surface area contributed by atoms with Crippen molar-refractivity contribution in [2.45, 2.75) is 51.0 Å². The van der Waals surface area contributed by atoms with Crippen LogP contribution in [0, 0.1) is 0 Å². The summed E-state index contributed by atoms with van der Waals surface area (Å²) in [4.78, 5) is 28.8. The third-order valence-corrected chi connectivity index (χ3v) is 5.50. The Morgan fingerprint density at radius 2 is 1.89 bits per heavy atom. The zero-order valence-electron chi connectivity index (χ0n) is 16.0. The number of nitrogens with one attached hydrogen (secondary N) is 3. The molecule has 0 bridgehead atoms. The van der Waals surface area contributed by atoms with E-state index in [-0.39, 0.29) is 18.4 Å². The molecular formula is C20H26N4O3S. The number of rotatable bonds is 6. The Morgan fingerprint density at radius 1 is 1.14 bits per heavy atom. The fourth-order valence-corrected chi connectivity index (χ4v) is 4.02. The molecule has 3 rings (SSSR count). The number of nitrogens with zero attached hydrogens (tertiary/aromatic N) is 1. The second-order valence-electron chi connectivity index (χ2n) is 6.86. The highest BCUT2D eigenvalue weighted by atomic mass is 32.1. The van der Waals surface area contributed by atoms with Gasteiger partial charge < -0.3 is 15.4 Å². The Balaban J connectivity index is 1.49. The minimum atomic E-state index is -0.409. The van der Waals surface area contributed by atoms with E-state index in [9.17, 15) is 9.59 Å². The van der Waals surface area contributed by atoms with Crippen LogP contribution < -0.4 is 20.7 Å². The van der Waals surface area contributed by atoms with Gasteiger partial charge >= 0.3 is 6.03 Å². The second kappa shape index (κ2) is 10.1. The van der Waals surface area contributed by atoms with Crippen molar-refractivity contribution < 1.29 is 14.3 Å². The summed E-state index contributed by atoms with van der Waals surface area (Å²) in [5.41, 5.74) is 1.23. The zero-order chi connectivity index (χ0) is 19.8. The highest BCUT2D eigenvalue weighted by Crippen LogP contribution is 2.24. The normalized spacial score (nSPS) is 14.8. The maximum atomic E-state index is 12.3. The number of urea groups is 1. The van der Waals surface area contributed by atoms with Gasteiger partial charge in [0.1, 0.15) is 5.75 Å². The van der Waals surface area contributed by atoms with Gasteiger partial charge in [-0.05, 0) is 25.0 Å². The molecule has 0 spiro atoms. The highest BCUT2D eigenvalue weighted by molar-refractivity contribution is 7.14. The first-order chi connectivity index (χ1) is 13.6. The van der Waals surface area contributed by atoms with Crippen molar-refractivity contribution in [3.8, 4) is 5.75 Å². The van der Waals surface area contributed by atoms with Crippen LogP contribution in [-0.4, -0.2) is 30.1 Å². The fourth-order valence-electron chi connectivity index (χ4n) is 3.31. The third kappa shape index (κ3) is 5.95. The van der Waals surface area contributed by atoms with E-state index >= 15 is 0 Å². The number of ether oxygens (including phenoxy) is 1. The van der Waals surface area contributed by atoms with Crippen LogP contribution in [0.1, 0.15) is 44.2 Å². The van der Waals surface area contributed by atoms with Crippen molar-refractivity contribution in [1.82, 2.24) is 10.3 Å². The summed E-state index contributed by atoms with van der Waals surface area (Å²) in [5, 5.41) is 10.8. The number of carbonyl (C=O) groups excluding carboxylic acids is 2. The molecule has 7 nitrogen and oxygen atoms in total. The molecule has 8 heteroatoms. The topological polar surface area (TPSA) is 92.3 Å². The van der Waals surface area contributed by atoms with Crippen LogP contribution >= 0.6 is 11.3 Å². The van der Waals surface area contributed by atoms with Gasteiger partial charge in [0.2, 0.25) is 5.91 Å². The van der Waals surface area contributed by atoms with Gasteiger partial charge in [0.15, 0.2) is 5.13 Å². The second-order valence-corrected chi connectivity index (χ2v) is 7.71. The quantitative estimate of drug-likeness (QED) is 0.632. The Kier molecular flexibility index (Phi) is 7.25. The van der Waals surface area contributed by atoms with Gasteiger partial charge in [-0.3, -0.25) is 10.1 Å². The summed E-state index contributed by atoms with van der Waals surface area (Å²) < 4.78 is 5.21. The fraction of sp³-hybridized carbons (Fsp3) is 0.450. The van der Waals surface area contributed by atoms with Crippen molar-refractivity contribution in [3.05, 3.63) is 35.3 Å². The van der Waals surface area contributed by atoms with Gasteiger partial charge in [0, 0.05) is 11.4 Å². The summed E-state index contributed by atoms with van der Waals surface area (Å²) >= 11 is 1.30. The molecule has 3 N–H and O–H groups in total. The molecule has 0 atom stereocenters. The van der Waals surface area contributed by atoms with Gasteiger partial charge in [-0.15, -0.1) is 11.3 Å². The van der Waals surface area contributed by atoms with Crippen LogP contribution in [0.15, 0.2) is 29.6 Å². The molecule has 0 aliphatic heterocycles. The van der Waals surface area contributed by atoms with Crippen molar-refractivity contribution in [2.24, 2.45) is 0 Å². The standard InChI is InChI=1S/C20H26N4O3S/c1-27-17-11-7-6-10-16(17)23-19(26)24-20-22-15(13-28-20)12-18(25)21-14-8-4-2-3-5-9-14/h6-7,10-11,13-14H,2-5,8-9,12H2,1H3,(H,21,25)(H2,22,23,24,26). The van der Waals surface area contributed by atoms with Crippen molar-refractivity contribution in [3.63, 3.8) is 0 Å². The molecule has 2 aromatic rings. The monoisotopic (exact) mass is 402 g/mol. The van der Waals surface area contributed by atoms with Crippen molar-refractivity contribution >= 4 is 34.1 Å². The lowest BCUT2D eigenvalue weighted by Crippen LogP contribution is -2.35. The van der Waals surface area contributed by atoms with Crippen LogP contribution in [-0.2, 0) is 11.2 Å². The Hall–Kier alpha value is -2.61. The molecule has 28 heavy (non-hydrogen) atoms. The predicted octanol–water partition coefficient (Wildman–Crippen LogP) is 4.18. The largest absolute Gasteiger partial charge is 0.495 e. The van der Waals surface area contributed by atoms with Gasteiger partial charge in [0.25, 0.3) is 0 Å². The third-order valence-electron chi connectivity index (χ3n) is 4.69. The van der Waals surface area contributed by atoms with E-state index in [4.69, 9.17) is 4.74 Å². The number of para-hydroxylation sites is 2. The number of thiazole rings is 1. The molecule has 1 aliphatic rings. The molecule has 0 radical (unpaired) electrons. The summed E-state index contributed by atoms with van der Waals surface area (Å²) in [6.07, 6.45) is 7.20. The molecule has 0 saturated heterocycles. The lowest BCUT2D eigenvalue weighted by atomic mass is 10.1. The van der Waals surface area contributed by atoms with E-state index in [1.165, 1.54) is 37.0 Å².